The van der Waals surface area contributed by atoms with Gasteiger partial charge in [-0.05, 0) is 79.9 Å². The number of hydrogen-bond acceptors (Lipinski definition) is 10. The second kappa shape index (κ2) is 15.1. The summed E-state index contributed by atoms with van der Waals surface area (Å²) >= 11 is 1.89. The maximum atomic E-state index is 12.7. The van der Waals surface area contributed by atoms with Crippen LogP contribution in [0.3, 0.4) is 0 Å². The zero-order valence-corrected chi connectivity index (χ0v) is 31.6. The molecule has 0 saturated carbocycles. The van der Waals surface area contributed by atoms with Crippen LogP contribution in [0.1, 0.15) is 44.3 Å². The number of carbonyl (C=O) groups excluding carboxylic acids is 2. The summed E-state index contributed by atoms with van der Waals surface area (Å²) in [7, 11) is 0. The first-order chi connectivity index (χ1) is 27.4. The summed E-state index contributed by atoms with van der Waals surface area (Å²) in [6, 6.07) is 39.4. The van der Waals surface area contributed by atoms with E-state index in [1.54, 1.807) is 0 Å². The lowest BCUT2D eigenvalue weighted by Crippen LogP contribution is -2.47. The fourth-order valence-electron chi connectivity index (χ4n) is 7.84. The number of thioether (sulfide) groups is 1. The standard InChI is InChI=1S/C44H40N8O3S/c1-44-26-56-38(41(44)47-43(54)48-44)16-7-8-17-39(53)55-29-20-18-27(19-21-29)42-45-36-15-9-14-32-35(24-25-37(46-42)40(32)36)52-51-34-23-22-33(30-12-5-6-13-31(30)34)50-49-28-10-3-2-4-11-28/h2-6,9-15,18-25,38,41-42,45-46H,7-8,16-17,26H2,1H3,(H2,47,48,54)/t38-,41+,42?,44-/m1/s1. The molecule has 4 N–H and O–H groups in total. The molecular formula is C44H40N8O3S. The molecule has 2 amide bonds. The van der Waals surface area contributed by atoms with Gasteiger partial charge in [0.2, 0.25) is 0 Å². The highest BCUT2D eigenvalue weighted by molar-refractivity contribution is 8.00. The Bertz CT molecular complexity index is 2500. The van der Waals surface area contributed by atoms with E-state index in [1.165, 1.54) is 0 Å². The third-order valence-electron chi connectivity index (χ3n) is 10.7. The fraction of sp³-hybridized carbons (Fsp3) is 0.227. The lowest BCUT2D eigenvalue weighted by molar-refractivity contribution is -0.134. The maximum absolute atomic E-state index is 12.7. The molecule has 2 saturated heterocycles. The van der Waals surface area contributed by atoms with Crippen LogP contribution in [0.25, 0.3) is 21.5 Å². The van der Waals surface area contributed by atoms with Crippen LogP contribution in [0.5, 0.6) is 5.75 Å². The number of hydrogen-bond donors (Lipinski definition) is 4. The van der Waals surface area contributed by atoms with E-state index in [0.29, 0.717) is 17.4 Å². The van der Waals surface area contributed by atoms with Crippen LogP contribution < -0.4 is 26.0 Å². The highest BCUT2D eigenvalue weighted by atomic mass is 32.2. The number of nitrogens with zero attached hydrogens (tertiary/aromatic N) is 4. The number of nitrogens with one attached hydrogen (secondary N) is 4. The normalized spacial score (nSPS) is 21.2. The molecule has 3 heterocycles. The molecule has 0 radical (unpaired) electrons. The van der Waals surface area contributed by atoms with Crippen LogP contribution in [-0.2, 0) is 4.79 Å². The van der Waals surface area contributed by atoms with Crippen LogP contribution in [-0.4, -0.2) is 34.6 Å². The second-order valence-electron chi connectivity index (χ2n) is 14.6. The number of rotatable bonds is 11. The van der Waals surface area contributed by atoms with Gasteiger partial charge in [-0.3, -0.25) is 4.79 Å². The number of unbranched alkanes of at least 4 members (excludes halogenated alkanes) is 1. The number of urea groups is 1. The molecular weight excluding hydrogens is 721 g/mol. The lowest BCUT2D eigenvalue weighted by atomic mass is 9.92. The van der Waals surface area contributed by atoms with Gasteiger partial charge in [-0.15, -0.1) is 15.3 Å². The van der Waals surface area contributed by atoms with E-state index in [2.05, 4.69) is 50.6 Å². The molecule has 12 heteroatoms. The highest BCUT2D eigenvalue weighted by Gasteiger charge is 2.51. The Labute approximate surface area is 328 Å². The Morgan fingerprint density at radius 3 is 2.11 bits per heavy atom. The Kier molecular flexibility index (Phi) is 9.56. The minimum atomic E-state index is -0.240. The molecule has 56 heavy (non-hydrogen) atoms. The van der Waals surface area contributed by atoms with Gasteiger partial charge >= 0.3 is 12.0 Å². The maximum Gasteiger partial charge on any atom is 0.315 e. The minimum absolute atomic E-state index is 0.0831. The van der Waals surface area contributed by atoms with Crippen molar-refractivity contribution < 1.29 is 14.3 Å². The second-order valence-corrected chi connectivity index (χ2v) is 15.8. The van der Waals surface area contributed by atoms with Gasteiger partial charge in [-0.1, -0.05) is 73.2 Å². The molecule has 280 valence electrons. The molecule has 1 unspecified atom stereocenters. The van der Waals surface area contributed by atoms with Gasteiger partial charge in [0, 0.05) is 50.3 Å². The molecule has 2 fully saturated rings. The van der Waals surface area contributed by atoms with Gasteiger partial charge in [0.05, 0.1) is 34.3 Å². The van der Waals surface area contributed by atoms with Crippen LogP contribution in [0.2, 0.25) is 0 Å². The Morgan fingerprint density at radius 2 is 1.36 bits per heavy atom. The number of anilines is 2. The molecule has 6 aromatic carbocycles. The molecule has 0 bridgehead atoms. The van der Waals surface area contributed by atoms with Crippen molar-refractivity contribution in [1.82, 2.24) is 10.6 Å². The summed E-state index contributed by atoms with van der Waals surface area (Å²) in [4.78, 5) is 24.5. The first kappa shape index (κ1) is 35.4. The van der Waals surface area contributed by atoms with E-state index in [0.717, 1.165) is 86.2 Å². The SMILES string of the molecule is C[C@@]12CS[C@H](CCCCC(=O)Oc3ccc(C4Nc5cccc6c(N=Nc7ccc(N=Nc8ccccc8)c8ccccc78)ccc(c56)N4)cc3)[C@@H]1NC(=O)N2. The smallest absolute Gasteiger partial charge is 0.315 e. The van der Waals surface area contributed by atoms with Gasteiger partial charge in [0.1, 0.15) is 11.9 Å². The van der Waals surface area contributed by atoms with E-state index in [4.69, 9.17) is 15.0 Å². The Balaban J connectivity index is 0.835. The topological polar surface area (TPSA) is 141 Å². The monoisotopic (exact) mass is 760 g/mol. The van der Waals surface area contributed by atoms with Crippen molar-refractivity contribution in [3.63, 3.8) is 0 Å². The number of azo groups is 2. The zero-order chi connectivity index (χ0) is 38.1. The van der Waals surface area contributed by atoms with Gasteiger partial charge in [-0.25, -0.2) is 4.79 Å². The molecule has 0 spiro atoms. The Hall–Kier alpha value is -6.27. The van der Waals surface area contributed by atoms with Crippen molar-refractivity contribution in [2.45, 2.75) is 55.6 Å². The highest BCUT2D eigenvalue weighted by Crippen LogP contribution is 2.44. The zero-order valence-electron chi connectivity index (χ0n) is 30.7. The van der Waals surface area contributed by atoms with E-state index < -0.39 is 0 Å². The molecule has 4 atom stereocenters. The molecule has 9 rings (SSSR count). The van der Waals surface area contributed by atoms with Crippen molar-refractivity contribution in [1.29, 1.82) is 0 Å². The summed E-state index contributed by atoms with van der Waals surface area (Å²) < 4.78 is 5.68. The first-order valence-electron chi connectivity index (χ1n) is 18.9. The number of ether oxygens (including phenoxy) is 1. The molecule has 0 aromatic heterocycles. The molecule has 0 aliphatic carbocycles. The third kappa shape index (κ3) is 7.15. The van der Waals surface area contributed by atoms with Crippen molar-refractivity contribution >= 4 is 79.4 Å². The number of esters is 1. The molecule has 6 aromatic rings. The predicted molar refractivity (Wildman–Crippen MR) is 223 cm³/mol. The fourth-order valence-corrected chi connectivity index (χ4v) is 9.55. The average molecular weight is 761 g/mol. The number of fused-ring (bicyclic) bond motifs is 2. The summed E-state index contributed by atoms with van der Waals surface area (Å²) in [5, 5.41) is 36.0. The van der Waals surface area contributed by atoms with Crippen LogP contribution >= 0.6 is 11.8 Å². The van der Waals surface area contributed by atoms with Gasteiger partial charge < -0.3 is 26.0 Å². The van der Waals surface area contributed by atoms with Crippen molar-refractivity contribution in [3.8, 4) is 5.75 Å². The van der Waals surface area contributed by atoms with E-state index in [1.807, 2.05) is 121 Å². The largest absolute Gasteiger partial charge is 0.427 e. The molecule has 3 aliphatic rings. The lowest BCUT2D eigenvalue weighted by Gasteiger charge is -2.30. The number of carbonyl (C=O) groups is 2. The van der Waals surface area contributed by atoms with Gasteiger partial charge in [0.25, 0.3) is 0 Å². The van der Waals surface area contributed by atoms with E-state index in [9.17, 15) is 9.59 Å². The van der Waals surface area contributed by atoms with Crippen molar-refractivity contribution in [2.24, 2.45) is 20.5 Å². The van der Waals surface area contributed by atoms with Crippen molar-refractivity contribution in [3.05, 3.63) is 127 Å². The van der Waals surface area contributed by atoms with Crippen LogP contribution in [0, 0.1) is 0 Å². The molecule has 11 nitrogen and oxygen atoms in total. The van der Waals surface area contributed by atoms with E-state index >= 15 is 0 Å². The quantitative estimate of drug-likeness (QED) is 0.0341. The van der Waals surface area contributed by atoms with Crippen molar-refractivity contribution in [2.75, 3.05) is 16.4 Å². The Morgan fingerprint density at radius 1 is 0.714 bits per heavy atom. The minimum Gasteiger partial charge on any atom is -0.427 e. The van der Waals surface area contributed by atoms with Crippen LogP contribution in [0.15, 0.2) is 142 Å². The summed E-state index contributed by atoms with van der Waals surface area (Å²) in [5.41, 5.74) is 5.85. The third-order valence-corrected chi connectivity index (χ3v) is 12.4. The first-order valence-corrected chi connectivity index (χ1v) is 20.0. The summed E-state index contributed by atoms with van der Waals surface area (Å²) in [6.45, 7) is 2.10. The molecule has 3 aliphatic heterocycles. The average Bonchev–Trinajstić information content (AvgIpc) is 3.69. The number of amides is 2. The summed E-state index contributed by atoms with van der Waals surface area (Å²) in [6.07, 6.45) is 2.76. The van der Waals surface area contributed by atoms with Gasteiger partial charge in [0.15, 0.2) is 0 Å². The summed E-state index contributed by atoms with van der Waals surface area (Å²) in [5.74, 6) is 1.18. The number of benzene rings is 6. The predicted octanol–water partition coefficient (Wildman–Crippen LogP) is 11.4. The van der Waals surface area contributed by atoms with Crippen LogP contribution in [0.4, 0.5) is 38.9 Å². The van der Waals surface area contributed by atoms with Gasteiger partial charge in [-0.2, -0.15) is 16.9 Å². The van der Waals surface area contributed by atoms with E-state index in [-0.39, 0.29) is 29.7 Å².